The van der Waals surface area contributed by atoms with Crippen molar-refractivity contribution in [2.45, 2.75) is 25.8 Å². The molecule has 0 radical (unpaired) electrons. The second-order valence-electron chi connectivity index (χ2n) is 4.94. The summed E-state index contributed by atoms with van der Waals surface area (Å²) in [5.74, 6) is -1.14. The van der Waals surface area contributed by atoms with Gasteiger partial charge in [0, 0.05) is 17.5 Å². The highest BCUT2D eigenvalue weighted by Gasteiger charge is 2.35. The molecular weight excluding hydrogens is 308 g/mol. The maximum atomic E-state index is 12.6. The van der Waals surface area contributed by atoms with Crippen LogP contribution in [0.25, 0.3) is 10.6 Å². The van der Waals surface area contributed by atoms with Crippen molar-refractivity contribution < 1.29 is 14.7 Å². The SMILES string of the molecule is Cc1nc(-c2ccsc2)sc1C(=O)N1CCC[C@@H]1C(=O)O. The van der Waals surface area contributed by atoms with Crippen LogP contribution in [0.1, 0.15) is 28.2 Å². The summed E-state index contributed by atoms with van der Waals surface area (Å²) in [7, 11) is 0. The van der Waals surface area contributed by atoms with Crippen molar-refractivity contribution in [3.05, 3.63) is 27.4 Å². The topological polar surface area (TPSA) is 70.5 Å². The Morgan fingerprint density at radius 2 is 2.29 bits per heavy atom. The fourth-order valence-electron chi connectivity index (χ4n) is 2.50. The highest BCUT2D eigenvalue weighted by molar-refractivity contribution is 7.17. The number of amides is 1. The van der Waals surface area contributed by atoms with E-state index in [1.165, 1.54) is 16.2 Å². The van der Waals surface area contributed by atoms with Gasteiger partial charge in [-0.3, -0.25) is 4.79 Å². The van der Waals surface area contributed by atoms with Crippen LogP contribution in [-0.4, -0.2) is 39.5 Å². The van der Waals surface area contributed by atoms with Crippen LogP contribution in [0.4, 0.5) is 0 Å². The van der Waals surface area contributed by atoms with Crippen LogP contribution in [0.3, 0.4) is 0 Å². The van der Waals surface area contributed by atoms with Crippen LogP contribution in [0.5, 0.6) is 0 Å². The molecule has 1 N–H and O–H groups in total. The average molecular weight is 322 g/mol. The van der Waals surface area contributed by atoms with Gasteiger partial charge < -0.3 is 10.0 Å². The van der Waals surface area contributed by atoms with E-state index >= 15 is 0 Å². The number of carboxylic acid groups (broad SMARTS) is 1. The van der Waals surface area contributed by atoms with E-state index in [1.807, 2.05) is 16.8 Å². The predicted molar refractivity (Wildman–Crippen MR) is 81.9 cm³/mol. The molecular formula is C14H14N2O3S2. The molecule has 0 unspecified atom stereocenters. The highest BCUT2D eigenvalue weighted by atomic mass is 32.1. The zero-order valence-corrected chi connectivity index (χ0v) is 13.0. The van der Waals surface area contributed by atoms with Crippen LogP contribution in [0.15, 0.2) is 16.8 Å². The van der Waals surface area contributed by atoms with Crippen molar-refractivity contribution in [1.29, 1.82) is 0 Å². The zero-order chi connectivity index (χ0) is 15.0. The maximum absolute atomic E-state index is 12.6. The van der Waals surface area contributed by atoms with Gasteiger partial charge in [-0.15, -0.1) is 11.3 Å². The molecule has 110 valence electrons. The Balaban J connectivity index is 1.90. The van der Waals surface area contributed by atoms with E-state index in [4.69, 9.17) is 0 Å². The van der Waals surface area contributed by atoms with Crippen molar-refractivity contribution in [3.8, 4) is 10.6 Å². The summed E-state index contributed by atoms with van der Waals surface area (Å²) in [5, 5.41) is 14.0. The minimum atomic E-state index is -0.930. The number of hydrogen-bond donors (Lipinski definition) is 1. The van der Waals surface area contributed by atoms with Crippen molar-refractivity contribution in [3.63, 3.8) is 0 Å². The molecule has 7 heteroatoms. The molecule has 21 heavy (non-hydrogen) atoms. The first-order valence-corrected chi connectivity index (χ1v) is 8.37. The Bertz CT molecular complexity index is 678. The van der Waals surface area contributed by atoms with Gasteiger partial charge >= 0.3 is 5.97 Å². The van der Waals surface area contributed by atoms with Crippen molar-refractivity contribution in [2.75, 3.05) is 6.54 Å². The van der Waals surface area contributed by atoms with E-state index in [9.17, 15) is 14.7 Å². The average Bonchev–Trinajstić information content (AvgIpc) is 3.18. The molecule has 0 saturated carbocycles. The normalized spacial score (nSPS) is 18.1. The summed E-state index contributed by atoms with van der Waals surface area (Å²) in [6.45, 7) is 2.30. The molecule has 1 aliphatic rings. The quantitative estimate of drug-likeness (QED) is 0.943. The standard InChI is InChI=1S/C14H14N2O3S2/c1-8-11(21-12(15-8)9-4-6-20-7-9)13(17)16-5-2-3-10(16)14(18)19/h4,6-7,10H,2-3,5H2,1H3,(H,18,19)/t10-/m1/s1. The zero-order valence-electron chi connectivity index (χ0n) is 11.4. The lowest BCUT2D eigenvalue weighted by molar-refractivity contribution is -0.141. The van der Waals surface area contributed by atoms with E-state index in [0.29, 0.717) is 23.5 Å². The third kappa shape index (κ3) is 2.58. The Labute approximate surface area is 129 Å². The van der Waals surface area contributed by atoms with E-state index < -0.39 is 12.0 Å². The minimum Gasteiger partial charge on any atom is -0.480 e. The van der Waals surface area contributed by atoms with Gasteiger partial charge in [0.1, 0.15) is 15.9 Å². The number of carbonyl (C=O) groups is 2. The number of carbonyl (C=O) groups excluding carboxylic acids is 1. The van der Waals surface area contributed by atoms with Crippen LogP contribution in [-0.2, 0) is 4.79 Å². The number of likely N-dealkylation sites (tertiary alicyclic amines) is 1. The molecule has 3 heterocycles. The smallest absolute Gasteiger partial charge is 0.326 e. The first-order chi connectivity index (χ1) is 10.1. The molecule has 5 nitrogen and oxygen atoms in total. The van der Waals surface area contributed by atoms with Crippen molar-refractivity contribution in [1.82, 2.24) is 9.88 Å². The van der Waals surface area contributed by atoms with Crippen LogP contribution < -0.4 is 0 Å². The third-order valence-electron chi connectivity index (χ3n) is 3.56. The summed E-state index contributed by atoms with van der Waals surface area (Å²) >= 11 is 2.92. The molecule has 2 aromatic rings. The van der Waals surface area contributed by atoms with Gasteiger partial charge in [0.25, 0.3) is 5.91 Å². The Morgan fingerprint density at radius 1 is 1.48 bits per heavy atom. The number of thiophene rings is 1. The summed E-state index contributed by atoms with van der Waals surface area (Å²) in [6, 6.07) is 1.26. The number of aromatic nitrogens is 1. The minimum absolute atomic E-state index is 0.212. The summed E-state index contributed by atoms with van der Waals surface area (Å²) in [5.41, 5.74) is 1.67. The number of nitrogens with zero attached hydrogens (tertiary/aromatic N) is 2. The van der Waals surface area contributed by atoms with Gasteiger partial charge in [0.15, 0.2) is 0 Å². The number of thiazole rings is 1. The Kier molecular flexibility index (Phi) is 3.77. The number of carboxylic acids is 1. The van der Waals surface area contributed by atoms with Gasteiger partial charge in [-0.1, -0.05) is 0 Å². The van der Waals surface area contributed by atoms with E-state index in [1.54, 1.807) is 18.3 Å². The van der Waals surface area contributed by atoms with Crippen molar-refractivity contribution >= 4 is 34.6 Å². The largest absolute Gasteiger partial charge is 0.480 e. The molecule has 1 amide bonds. The van der Waals surface area contributed by atoms with Gasteiger partial charge in [-0.05, 0) is 31.2 Å². The van der Waals surface area contributed by atoms with Gasteiger partial charge in [-0.2, -0.15) is 11.3 Å². The van der Waals surface area contributed by atoms with Crippen LogP contribution >= 0.6 is 22.7 Å². The molecule has 0 aliphatic carbocycles. The maximum Gasteiger partial charge on any atom is 0.326 e. The lowest BCUT2D eigenvalue weighted by Gasteiger charge is -2.20. The Hall–Kier alpha value is -1.73. The fraction of sp³-hybridized carbons (Fsp3) is 0.357. The first kappa shape index (κ1) is 14.2. The molecule has 0 aromatic carbocycles. The first-order valence-electron chi connectivity index (χ1n) is 6.61. The van der Waals surface area contributed by atoms with E-state index in [-0.39, 0.29) is 5.91 Å². The molecule has 1 fully saturated rings. The highest BCUT2D eigenvalue weighted by Crippen LogP contribution is 2.31. The van der Waals surface area contributed by atoms with E-state index in [0.717, 1.165) is 17.0 Å². The number of rotatable bonds is 3. The number of aryl methyl sites for hydroxylation is 1. The van der Waals surface area contributed by atoms with Gasteiger partial charge in [0.05, 0.1) is 5.69 Å². The summed E-state index contributed by atoms with van der Waals surface area (Å²) in [6.07, 6.45) is 1.26. The number of hydrogen-bond acceptors (Lipinski definition) is 5. The second kappa shape index (κ2) is 5.57. The van der Waals surface area contributed by atoms with Crippen LogP contribution in [0, 0.1) is 6.92 Å². The molecule has 3 rings (SSSR count). The third-order valence-corrected chi connectivity index (χ3v) is 5.44. The predicted octanol–water partition coefficient (Wildman–Crippen LogP) is 2.87. The summed E-state index contributed by atoms with van der Waals surface area (Å²) in [4.78, 5) is 30.3. The van der Waals surface area contributed by atoms with Gasteiger partial charge in [0.2, 0.25) is 0 Å². The fourth-order valence-corrected chi connectivity index (χ4v) is 4.24. The molecule has 2 aromatic heterocycles. The lowest BCUT2D eigenvalue weighted by atomic mass is 10.2. The molecule has 1 atom stereocenters. The van der Waals surface area contributed by atoms with E-state index in [2.05, 4.69) is 4.98 Å². The van der Waals surface area contributed by atoms with Crippen LogP contribution in [0.2, 0.25) is 0 Å². The summed E-state index contributed by atoms with van der Waals surface area (Å²) < 4.78 is 0. The van der Waals surface area contributed by atoms with Crippen molar-refractivity contribution in [2.24, 2.45) is 0 Å². The van der Waals surface area contributed by atoms with Gasteiger partial charge in [-0.25, -0.2) is 9.78 Å². The molecule has 1 saturated heterocycles. The monoisotopic (exact) mass is 322 g/mol. The Morgan fingerprint density at radius 3 is 2.95 bits per heavy atom. The molecule has 0 spiro atoms. The molecule has 1 aliphatic heterocycles. The lowest BCUT2D eigenvalue weighted by Crippen LogP contribution is -2.40. The molecule has 0 bridgehead atoms. The number of aliphatic carboxylic acids is 1. The second-order valence-corrected chi connectivity index (χ2v) is 6.72.